The third kappa shape index (κ3) is 3.50. The molecule has 0 saturated carbocycles. The van der Waals surface area contributed by atoms with Crippen molar-refractivity contribution in [3.8, 4) is 5.75 Å². The van der Waals surface area contributed by atoms with Crippen molar-refractivity contribution in [3.63, 3.8) is 0 Å². The zero-order valence-corrected chi connectivity index (χ0v) is 10.9. The summed E-state index contributed by atoms with van der Waals surface area (Å²) in [6, 6.07) is 5.99. The normalized spacial score (nSPS) is 10.7. The first-order valence-electron chi connectivity index (χ1n) is 5.36. The molecule has 0 radical (unpaired) electrons. The highest BCUT2D eigenvalue weighted by molar-refractivity contribution is 9.10. The molecule has 0 unspecified atom stereocenters. The van der Waals surface area contributed by atoms with Gasteiger partial charge in [-0.25, -0.2) is 0 Å². The van der Waals surface area contributed by atoms with Crippen LogP contribution >= 0.6 is 15.9 Å². The van der Waals surface area contributed by atoms with Crippen LogP contribution in [0.5, 0.6) is 5.75 Å². The van der Waals surface area contributed by atoms with E-state index in [0.717, 1.165) is 28.6 Å². The molecule has 1 rings (SSSR count). The second kappa shape index (κ2) is 6.13. The largest absolute Gasteiger partial charge is 0.489 e. The maximum absolute atomic E-state index is 5.86. The van der Waals surface area contributed by atoms with Crippen molar-refractivity contribution in [2.24, 2.45) is 5.73 Å². The molecule has 3 heteroatoms. The highest BCUT2D eigenvalue weighted by Gasteiger charge is 2.08. The minimum Gasteiger partial charge on any atom is -0.489 e. The molecule has 2 nitrogen and oxygen atoms in total. The summed E-state index contributed by atoms with van der Waals surface area (Å²) in [4.78, 5) is 0. The SMILES string of the molecule is CCC(CC)Oc1ccc(CN)cc1Br. The molecule has 0 heterocycles. The summed E-state index contributed by atoms with van der Waals surface area (Å²) >= 11 is 3.49. The summed E-state index contributed by atoms with van der Waals surface area (Å²) in [5, 5.41) is 0. The lowest BCUT2D eigenvalue weighted by molar-refractivity contribution is 0.191. The first-order valence-corrected chi connectivity index (χ1v) is 6.15. The minimum atomic E-state index is 0.296. The van der Waals surface area contributed by atoms with Crippen LogP contribution in [0, 0.1) is 0 Å². The van der Waals surface area contributed by atoms with Crippen molar-refractivity contribution in [2.45, 2.75) is 39.3 Å². The van der Waals surface area contributed by atoms with Gasteiger partial charge in [0, 0.05) is 6.54 Å². The van der Waals surface area contributed by atoms with E-state index in [0.29, 0.717) is 12.6 Å². The predicted molar refractivity (Wildman–Crippen MR) is 67.0 cm³/mol. The zero-order chi connectivity index (χ0) is 11.3. The number of hydrogen-bond acceptors (Lipinski definition) is 2. The topological polar surface area (TPSA) is 35.2 Å². The summed E-state index contributed by atoms with van der Waals surface area (Å²) in [7, 11) is 0. The molecule has 0 bridgehead atoms. The van der Waals surface area contributed by atoms with E-state index in [4.69, 9.17) is 10.5 Å². The molecule has 84 valence electrons. The van der Waals surface area contributed by atoms with E-state index in [1.807, 2.05) is 18.2 Å². The first-order chi connectivity index (χ1) is 7.21. The van der Waals surface area contributed by atoms with E-state index in [2.05, 4.69) is 29.8 Å². The minimum absolute atomic E-state index is 0.296. The van der Waals surface area contributed by atoms with Crippen LogP contribution in [0.25, 0.3) is 0 Å². The molecule has 15 heavy (non-hydrogen) atoms. The van der Waals surface area contributed by atoms with Crippen molar-refractivity contribution in [1.29, 1.82) is 0 Å². The average molecular weight is 272 g/mol. The van der Waals surface area contributed by atoms with Gasteiger partial charge in [-0.3, -0.25) is 0 Å². The molecular weight excluding hydrogens is 254 g/mol. The van der Waals surface area contributed by atoms with E-state index in [1.54, 1.807) is 0 Å². The summed E-state index contributed by atoms with van der Waals surface area (Å²) in [5.74, 6) is 0.904. The monoisotopic (exact) mass is 271 g/mol. The molecule has 0 saturated heterocycles. The maximum atomic E-state index is 5.86. The van der Waals surface area contributed by atoms with Crippen molar-refractivity contribution in [1.82, 2.24) is 0 Å². The lowest BCUT2D eigenvalue weighted by Crippen LogP contribution is -2.14. The fourth-order valence-corrected chi connectivity index (χ4v) is 1.92. The van der Waals surface area contributed by atoms with Crippen LogP contribution in [0.2, 0.25) is 0 Å². The van der Waals surface area contributed by atoms with Gasteiger partial charge in [-0.2, -0.15) is 0 Å². The van der Waals surface area contributed by atoms with Gasteiger partial charge in [-0.15, -0.1) is 0 Å². The molecule has 0 aliphatic carbocycles. The van der Waals surface area contributed by atoms with Gasteiger partial charge in [0.1, 0.15) is 5.75 Å². The van der Waals surface area contributed by atoms with E-state index >= 15 is 0 Å². The lowest BCUT2D eigenvalue weighted by Gasteiger charge is -2.17. The number of benzene rings is 1. The van der Waals surface area contributed by atoms with Gasteiger partial charge in [0.15, 0.2) is 0 Å². The van der Waals surface area contributed by atoms with Gasteiger partial charge in [0.25, 0.3) is 0 Å². The Labute approximate surface area is 99.9 Å². The third-order valence-corrected chi connectivity index (χ3v) is 3.06. The van der Waals surface area contributed by atoms with Gasteiger partial charge >= 0.3 is 0 Å². The van der Waals surface area contributed by atoms with Crippen LogP contribution in [0.15, 0.2) is 22.7 Å². The Bertz CT molecular complexity index is 310. The van der Waals surface area contributed by atoms with E-state index in [-0.39, 0.29) is 0 Å². The molecule has 1 aromatic rings. The van der Waals surface area contributed by atoms with Crippen LogP contribution < -0.4 is 10.5 Å². The van der Waals surface area contributed by atoms with Crippen LogP contribution in [0.3, 0.4) is 0 Å². The Morgan fingerprint density at radius 3 is 2.47 bits per heavy atom. The Morgan fingerprint density at radius 1 is 1.33 bits per heavy atom. The van der Waals surface area contributed by atoms with Crippen molar-refractivity contribution in [2.75, 3.05) is 0 Å². The fourth-order valence-electron chi connectivity index (χ4n) is 1.40. The molecule has 2 N–H and O–H groups in total. The molecule has 0 fully saturated rings. The Hall–Kier alpha value is -0.540. The Balaban J connectivity index is 2.77. The molecule has 0 aliphatic heterocycles. The molecular formula is C12H18BrNO. The number of nitrogens with two attached hydrogens (primary N) is 1. The highest BCUT2D eigenvalue weighted by Crippen LogP contribution is 2.27. The maximum Gasteiger partial charge on any atom is 0.133 e. The zero-order valence-electron chi connectivity index (χ0n) is 9.29. The summed E-state index contributed by atoms with van der Waals surface area (Å²) in [6.07, 6.45) is 2.36. The third-order valence-electron chi connectivity index (χ3n) is 2.44. The molecule has 0 amide bonds. The van der Waals surface area contributed by atoms with Crippen LogP contribution in [0.4, 0.5) is 0 Å². The van der Waals surface area contributed by atoms with E-state index in [1.165, 1.54) is 0 Å². The van der Waals surface area contributed by atoms with Crippen LogP contribution in [0.1, 0.15) is 32.3 Å². The van der Waals surface area contributed by atoms with Gasteiger partial charge in [-0.05, 0) is 46.5 Å². The van der Waals surface area contributed by atoms with Gasteiger partial charge in [0.05, 0.1) is 10.6 Å². The van der Waals surface area contributed by atoms with Crippen molar-refractivity contribution in [3.05, 3.63) is 28.2 Å². The number of halogens is 1. The van der Waals surface area contributed by atoms with Crippen molar-refractivity contribution < 1.29 is 4.74 Å². The van der Waals surface area contributed by atoms with Crippen molar-refractivity contribution >= 4 is 15.9 Å². The van der Waals surface area contributed by atoms with Crippen LogP contribution in [-0.4, -0.2) is 6.10 Å². The quantitative estimate of drug-likeness (QED) is 0.890. The Kier molecular flexibility index (Phi) is 5.12. The van der Waals surface area contributed by atoms with Gasteiger partial charge in [0.2, 0.25) is 0 Å². The summed E-state index contributed by atoms with van der Waals surface area (Å²) in [6.45, 7) is 4.83. The first kappa shape index (κ1) is 12.5. The van der Waals surface area contributed by atoms with Gasteiger partial charge < -0.3 is 10.5 Å². The molecule has 0 atom stereocenters. The summed E-state index contributed by atoms with van der Waals surface area (Å²) < 4.78 is 6.84. The number of rotatable bonds is 5. The van der Waals surface area contributed by atoms with Crippen LogP contribution in [-0.2, 0) is 6.54 Å². The average Bonchev–Trinajstić information content (AvgIpc) is 2.27. The predicted octanol–water partition coefficient (Wildman–Crippen LogP) is 3.48. The number of hydrogen-bond donors (Lipinski definition) is 1. The highest BCUT2D eigenvalue weighted by atomic mass is 79.9. The molecule has 1 aromatic carbocycles. The second-order valence-electron chi connectivity index (χ2n) is 3.53. The Morgan fingerprint density at radius 2 is 2.00 bits per heavy atom. The second-order valence-corrected chi connectivity index (χ2v) is 4.38. The molecule has 0 spiro atoms. The molecule has 0 aliphatic rings. The number of ether oxygens (including phenoxy) is 1. The fraction of sp³-hybridized carbons (Fsp3) is 0.500. The standard InChI is InChI=1S/C12H18BrNO/c1-3-10(4-2)15-12-6-5-9(8-14)7-11(12)13/h5-7,10H,3-4,8,14H2,1-2H3. The van der Waals surface area contributed by atoms with E-state index < -0.39 is 0 Å². The smallest absolute Gasteiger partial charge is 0.133 e. The van der Waals surface area contributed by atoms with E-state index in [9.17, 15) is 0 Å². The summed E-state index contributed by atoms with van der Waals surface area (Å²) in [5.41, 5.74) is 6.67. The molecule has 0 aromatic heterocycles. The van der Waals surface area contributed by atoms with Gasteiger partial charge in [-0.1, -0.05) is 19.9 Å². The lowest BCUT2D eigenvalue weighted by atomic mass is 10.2.